The minimum Gasteiger partial charge on any atom is -0.351 e. The van der Waals surface area contributed by atoms with Gasteiger partial charge in [-0.05, 0) is 67.0 Å². The number of nitrogens with one attached hydrogen (secondary N) is 1. The zero-order valence-corrected chi connectivity index (χ0v) is 16.7. The lowest BCUT2D eigenvalue weighted by molar-refractivity contribution is -0.120. The smallest absolute Gasteiger partial charge is 0.241 e. The van der Waals surface area contributed by atoms with Crippen LogP contribution in [0.2, 0.25) is 0 Å². The van der Waals surface area contributed by atoms with Crippen molar-refractivity contribution in [3.63, 3.8) is 0 Å². The zero-order chi connectivity index (χ0) is 18.5. The van der Waals surface area contributed by atoms with Gasteiger partial charge in [-0.1, -0.05) is 12.1 Å². The van der Waals surface area contributed by atoms with Gasteiger partial charge in [0.2, 0.25) is 5.91 Å². The molecular formula is C19H24BrN5O. The molecule has 1 aliphatic rings. The van der Waals surface area contributed by atoms with Gasteiger partial charge in [0.25, 0.3) is 0 Å². The number of para-hydroxylation sites is 1. The van der Waals surface area contributed by atoms with Crippen LogP contribution in [0.5, 0.6) is 0 Å². The normalized spacial score (nSPS) is 18.2. The molecule has 1 aliphatic heterocycles. The molecule has 0 saturated carbocycles. The lowest BCUT2D eigenvalue weighted by Gasteiger charge is -2.31. The standard InChI is InChI=1S/C19H24BrN5O/c1-14(19(26)22-17-9-4-3-8-16(17)20)24(2)13-15-7-6-12-25(15)18-10-5-11-21-23-18/h3-5,8-11,14-15H,6-7,12-13H2,1-2H3,(H,22,26). The maximum atomic E-state index is 12.6. The second-order valence-corrected chi connectivity index (χ2v) is 7.51. The summed E-state index contributed by atoms with van der Waals surface area (Å²) in [6.07, 6.45) is 3.92. The van der Waals surface area contributed by atoms with Crippen LogP contribution in [0.25, 0.3) is 0 Å². The number of carbonyl (C=O) groups excluding carboxylic acids is 1. The van der Waals surface area contributed by atoms with E-state index in [1.54, 1.807) is 6.20 Å². The Kier molecular flexibility index (Phi) is 6.21. The van der Waals surface area contributed by atoms with Crippen molar-refractivity contribution in [2.45, 2.75) is 31.8 Å². The van der Waals surface area contributed by atoms with Crippen molar-refractivity contribution in [3.05, 3.63) is 47.1 Å². The van der Waals surface area contributed by atoms with Crippen LogP contribution in [0, 0.1) is 0 Å². The van der Waals surface area contributed by atoms with Gasteiger partial charge in [-0.2, -0.15) is 5.10 Å². The first-order valence-corrected chi connectivity index (χ1v) is 9.65. The molecule has 1 N–H and O–H groups in total. The fourth-order valence-corrected chi connectivity index (χ4v) is 3.65. The van der Waals surface area contributed by atoms with Gasteiger partial charge in [-0.25, -0.2) is 0 Å². The SMILES string of the molecule is CC(C(=O)Nc1ccccc1Br)N(C)CC1CCCN1c1cccnn1. The number of rotatable bonds is 6. The first-order chi connectivity index (χ1) is 12.6. The average Bonchev–Trinajstić information content (AvgIpc) is 3.11. The molecule has 1 aromatic carbocycles. The van der Waals surface area contributed by atoms with Gasteiger partial charge < -0.3 is 10.2 Å². The van der Waals surface area contributed by atoms with E-state index in [-0.39, 0.29) is 11.9 Å². The van der Waals surface area contributed by atoms with Gasteiger partial charge in [0.05, 0.1) is 11.7 Å². The third-order valence-electron chi connectivity index (χ3n) is 4.90. The van der Waals surface area contributed by atoms with Crippen molar-refractivity contribution < 1.29 is 4.79 Å². The average molecular weight is 418 g/mol. The molecule has 1 fully saturated rings. The highest BCUT2D eigenvalue weighted by molar-refractivity contribution is 9.10. The fourth-order valence-electron chi connectivity index (χ4n) is 3.26. The van der Waals surface area contributed by atoms with Crippen molar-refractivity contribution in [1.82, 2.24) is 15.1 Å². The molecule has 0 spiro atoms. The monoisotopic (exact) mass is 417 g/mol. The van der Waals surface area contributed by atoms with Crippen molar-refractivity contribution in [2.24, 2.45) is 0 Å². The van der Waals surface area contributed by atoms with E-state index in [4.69, 9.17) is 0 Å². The second-order valence-electron chi connectivity index (χ2n) is 6.66. The Hall–Kier alpha value is -1.99. The molecule has 2 atom stereocenters. The minimum absolute atomic E-state index is 0.0107. The molecular weight excluding hydrogens is 394 g/mol. The van der Waals surface area contributed by atoms with Gasteiger partial charge in [-0.15, -0.1) is 5.10 Å². The number of hydrogen-bond donors (Lipinski definition) is 1. The highest BCUT2D eigenvalue weighted by Gasteiger charge is 2.29. The van der Waals surface area contributed by atoms with Crippen LogP contribution >= 0.6 is 15.9 Å². The quantitative estimate of drug-likeness (QED) is 0.781. The van der Waals surface area contributed by atoms with Crippen LogP contribution in [-0.4, -0.2) is 53.2 Å². The number of benzene rings is 1. The van der Waals surface area contributed by atoms with Gasteiger partial charge in [0.1, 0.15) is 0 Å². The van der Waals surface area contributed by atoms with Crippen molar-refractivity contribution >= 4 is 33.3 Å². The minimum atomic E-state index is -0.230. The third kappa shape index (κ3) is 4.40. The summed E-state index contributed by atoms with van der Waals surface area (Å²) >= 11 is 3.47. The van der Waals surface area contributed by atoms with Crippen molar-refractivity contribution in [1.29, 1.82) is 0 Å². The van der Waals surface area contributed by atoms with Gasteiger partial charge in [-0.3, -0.25) is 9.69 Å². The largest absolute Gasteiger partial charge is 0.351 e. The molecule has 2 heterocycles. The Morgan fingerprint density at radius 3 is 2.92 bits per heavy atom. The number of halogens is 1. The molecule has 0 aliphatic carbocycles. The number of nitrogens with zero attached hydrogens (tertiary/aromatic N) is 4. The summed E-state index contributed by atoms with van der Waals surface area (Å²) < 4.78 is 0.882. The number of anilines is 2. The number of amides is 1. The Balaban J connectivity index is 1.60. The molecule has 26 heavy (non-hydrogen) atoms. The van der Waals surface area contributed by atoms with Crippen LogP contribution in [0.15, 0.2) is 47.1 Å². The molecule has 138 valence electrons. The molecule has 7 heteroatoms. The van der Waals surface area contributed by atoms with Crippen molar-refractivity contribution in [2.75, 3.05) is 30.4 Å². The molecule has 1 aromatic heterocycles. The lowest BCUT2D eigenvalue weighted by atomic mass is 10.1. The number of hydrogen-bond acceptors (Lipinski definition) is 5. The predicted octanol–water partition coefficient (Wildman–Crippen LogP) is 3.17. The fraction of sp³-hybridized carbons (Fsp3) is 0.421. The van der Waals surface area contributed by atoms with Crippen LogP contribution in [0.1, 0.15) is 19.8 Å². The van der Waals surface area contributed by atoms with E-state index in [2.05, 4.69) is 41.2 Å². The van der Waals surface area contributed by atoms with E-state index in [1.165, 1.54) is 0 Å². The van der Waals surface area contributed by atoms with Crippen LogP contribution in [-0.2, 0) is 4.79 Å². The molecule has 0 bridgehead atoms. The molecule has 3 rings (SSSR count). The summed E-state index contributed by atoms with van der Waals surface area (Å²) in [5, 5.41) is 11.2. The van der Waals surface area contributed by atoms with Crippen molar-refractivity contribution in [3.8, 4) is 0 Å². The zero-order valence-electron chi connectivity index (χ0n) is 15.1. The molecule has 0 radical (unpaired) electrons. The van der Waals surface area contributed by atoms with E-state index in [0.29, 0.717) is 6.04 Å². The van der Waals surface area contributed by atoms with E-state index < -0.39 is 0 Å². The number of aromatic nitrogens is 2. The Bertz CT molecular complexity index is 742. The topological polar surface area (TPSA) is 61.4 Å². The first kappa shape index (κ1) is 18.8. The summed E-state index contributed by atoms with van der Waals surface area (Å²) in [5.41, 5.74) is 0.791. The molecule has 2 unspecified atom stereocenters. The molecule has 6 nitrogen and oxygen atoms in total. The van der Waals surface area contributed by atoms with Crippen LogP contribution < -0.4 is 10.2 Å². The predicted molar refractivity (Wildman–Crippen MR) is 107 cm³/mol. The summed E-state index contributed by atoms with van der Waals surface area (Å²) in [6.45, 7) is 3.73. The Morgan fingerprint density at radius 2 is 2.19 bits per heavy atom. The van der Waals surface area contributed by atoms with Gasteiger partial charge in [0, 0.05) is 29.8 Å². The lowest BCUT2D eigenvalue weighted by Crippen LogP contribution is -2.46. The maximum Gasteiger partial charge on any atom is 0.241 e. The van der Waals surface area contributed by atoms with Gasteiger partial charge in [0.15, 0.2) is 5.82 Å². The molecule has 2 aromatic rings. The number of likely N-dealkylation sites (N-methyl/N-ethyl adjacent to an activating group) is 1. The van der Waals surface area contributed by atoms with Crippen LogP contribution in [0.4, 0.5) is 11.5 Å². The molecule has 1 saturated heterocycles. The first-order valence-electron chi connectivity index (χ1n) is 8.86. The summed E-state index contributed by atoms with van der Waals surface area (Å²) in [5.74, 6) is 0.900. The Morgan fingerprint density at radius 1 is 1.38 bits per heavy atom. The summed E-state index contributed by atoms with van der Waals surface area (Å²) in [7, 11) is 2.00. The van der Waals surface area contributed by atoms with E-state index in [9.17, 15) is 4.79 Å². The third-order valence-corrected chi connectivity index (χ3v) is 5.59. The highest BCUT2D eigenvalue weighted by Crippen LogP contribution is 2.25. The summed E-state index contributed by atoms with van der Waals surface area (Å²) in [6, 6.07) is 11.7. The highest BCUT2D eigenvalue weighted by atomic mass is 79.9. The van der Waals surface area contributed by atoms with E-state index in [1.807, 2.05) is 50.4 Å². The number of carbonyl (C=O) groups is 1. The molecule has 1 amide bonds. The second kappa shape index (κ2) is 8.60. The summed E-state index contributed by atoms with van der Waals surface area (Å²) in [4.78, 5) is 17.0. The maximum absolute atomic E-state index is 12.6. The van der Waals surface area contributed by atoms with E-state index >= 15 is 0 Å². The van der Waals surface area contributed by atoms with Crippen LogP contribution in [0.3, 0.4) is 0 Å². The Labute approximate surface area is 162 Å². The van der Waals surface area contributed by atoms with E-state index in [0.717, 1.165) is 41.9 Å². The van der Waals surface area contributed by atoms with Gasteiger partial charge >= 0.3 is 0 Å².